The number of benzene rings is 1. The van der Waals surface area contributed by atoms with Gasteiger partial charge in [0.05, 0.1) is 6.04 Å². The molecule has 122 valence electrons. The summed E-state index contributed by atoms with van der Waals surface area (Å²) in [6.07, 6.45) is 1.87. The van der Waals surface area contributed by atoms with Crippen LogP contribution in [0.2, 0.25) is 0 Å². The average Bonchev–Trinajstić information content (AvgIpc) is 3.23. The number of hydrogen-bond donors (Lipinski definition) is 2. The zero-order valence-electron chi connectivity index (χ0n) is 12.7. The van der Waals surface area contributed by atoms with E-state index < -0.39 is 6.04 Å². The maximum Gasteiger partial charge on any atom is 0.315 e. The van der Waals surface area contributed by atoms with E-state index in [1.54, 1.807) is 0 Å². The van der Waals surface area contributed by atoms with Crippen LogP contribution in [0.3, 0.4) is 0 Å². The summed E-state index contributed by atoms with van der Waals surface area (Å²) in [5.74, 6) is 1.47. The highest BCUT2D eigenvalue weighted by atomic mass is 16.6. The number of carbonyl (C=O) groups is 2. The molecule has 0 aliphatic carbocycles. The van der Waals surface area contributed by atoms with Crippen molar-refractivity contribution in [2.75, 3.05) is 26.3 Å². The fraction of sp³-hybridized carbons (Fsp3) is 0.500. The van der Waals surface area contributed by atoms with Gasteiger partial charge in [-0.3, -0.25) is 4.79 Å². The molecule has 0 bridgehead atoms. The van der Waals surface area contributed by atoms with Gasteiger partial charge in [-0.1, -0.05) is 6.07 Å². The summed E-state index contributed by atoms with van der Waals surface area (Å²) in [5.41, 5.74) is 1.05. The Kier molecular flexibility index (Phi) is 3.48. The first-order valence-electron chi connectivity index (χ1n) is 7.97. The van der Waals surface area contributed by atoms with E-state index in [1.807, 2.05) is 23.1 Å². The Bertz CT molecular complexity index is 648. The van der Waals surface area contributed by atoms with E-state index in [1.165, 1.54) is 0 Å². The first kappa shape index (κ1) is 14.2. The lowest BCUT2D eigenvalue weighted by atomic mass is 10.0. The lowest BCUT2D eigenvalue weighted by Gasteiger charge is -2.28. The molecular weight excluding hydrogens is 298 g/mol. The van der Waals surface area contributed by atoms with Crippen LogP contribution in [-0.2, 0) is 4.79 Å². The summed E-state index contributed by atoms with van der Waals surface area (Å²) in [6, 6.07) is 5.14. The molecule has 3 heterocycles. The van der Waals surface area contributed by atoms with Crippen LogP contribution in [-0.4, -0.2) is 49.2 Å². The number of nitrogens with zero attached hydrogens (tertiary/aromatic N) is 1. The van der Waals surface area contributed by atoms with E-state index in [0.717, 1.165) is 29.9 Å². The predicted octanol–water partition coefficient (Wildman–Crippen LogP) is 0.803. The van der Waals surface area contributed by atoms with Gasteiger partial charge >= 0.3 is 6.03 Å². The van der Waals surface area contributed by atoms with Gasteiger partial charge in [-0.15, -0.1) is 0 Å². The summed E-state index contributed by atoms with van der Waals surface area (Å²) in [7, 11) is 0. The lowest BCUT2D eigenvalue weighted by Crippen LogP contribution is -2.45. The maximum absolute atomic E-state index is 12.7. The maximum atomic E-state index is 12.7. The van der Waals surface area contributed by atoms with E-state index in [4.69, 9.17) is 9.47 Å². The zero-order valence-corrected chi connectivity index (χ0v) is 12.7. The Morgan fingerprint density at radius 2 is 2.04 bits per heavy atom. The SMILES string of the molecule is O=C1NC[C@H](C(=O)N2CCC[C@@H]2c2ccc3c(c2)OCCO3)N1. The number of hydrogen-bond acceptors (Lipinski definition) is 4. The molecule has 4 rings (SSSR count). The van der Waals surface area contributed by atoms with Crippen LogP contribution in [0.5, 0.6) is 11.5 Å². The number of ether oxygens (including phenoxy) is 2. The van der Waals surface area contributed by atoms with Gasteiger partial charge in [0.2, 0.25) is 5.91 Å². The minimum Gasteiger partial charge on any atom is -0.486 e. The predicted molar refractivity (Wildman–Crippen MR) is 81.4 cm³/mol. The van der Waals surface area contributed by atoms with Crippen LogP contribution in [0.4, 0.5) is 4.79 Å². The van der Waals surface area contributed by atoms with E-state index in [2.05, 4.69) is 10.6 Å². The average molecular weight is 317 g/mol. The number of urea groups is 1. The number of fused-ring (bicyclic) bond motifs is 1. The highest BCUT2D eigenvalue weighted by Gasteiger charge is 2.37. The molecule has 2 N–H and O–H groups in total. The third-order valence-electron chi connectivity index (χ3n) is 4.56. The second kappa shape index (κ2) is 5.64. The molecule has 0 spiro atoms. The van der Waals surface area contributed by atoms with Gasteiger partial charge in [-0.05, 0) is 30.5 Å². The van der Waals surface area contributed by atoms with Gasteiger partial charge < -0.3 is 25.0 Å². The molecule has 23 heavy (non-hydrogen) atoms. The Morgan fingerprint density at radius 3 is 2.83 bits per heavy atom. The lowest BCUT2D eigenvalue weighted by molar-refractivity contribution is -0.133. The molecule has 7 nitrogen and oxygen atoms in total. The van der Waals surface area contributed by atoms with E-state index in [0.29, 0.717) is 26.3 Å². The Labute approximate surface area is 133 Å². The minimum atomic E-state index is -0.472. The van der Waals surface area contributed by atoms with E-state index in [9.17, 15) is 9.59 Å². The molecule has 0 unspecified atom stereocenters. The largest absolute Gasteiger partial charge is 0.486 e. The molecule has 2 fully saturated rings. The normalized spacial score (nSPS) is 25.9. The Morgan fingerprint density at radius 1 is 1.22 bits per heavy atom. The van der Waals surface area contributed by atoms with Crippen LogP contribution < -0.4 is 20.1 Å². The van der Waals surface area contributed by atoms with Gasteiger partial charge in [-0.25, -0.2) is 4.79 Å². The van der Waals surface area contributed by atoms with Gasteiger partial charge in [0.15, 0.2) is 11.5 Å². The van der Waals surface area contributed by atoms with Crippen LogP contribution in [0.15, 0.2) is 18.2 Å². The van der Waals surface area contributed by atoms with Gasteiger partial charge in [0.1, 0.15) is 19.3 Å². The fourth-order valence-corrected chi connectivity index (χ4v) is 3.45. The van der Waals surface area contributed by atoms with Gasteiger partial charge in [0.25, 0.3) is 0 Å². The molecule has 0 aromatic heterocycles. The molecule has 1 aromatic carbocycles. The highest BCUT2D eigenvalue weighted by Crippen LogP contribution is 2.38. The third kappa shape index (κ3) is 2.56. The van der Waals surface area contributed by atoms with Crippen LogP contribution in [0.1, 0.15) is 24.4 Å². The molecule has 0 radical (unpaired) electrons. The minimum absolute atomic E-state index is 0.0239. The summed E-state index contributed by atoms with van der Waals surface area (Å²) in [5, 5.41) is 5.30. The van der Waals surface area contributed by atoms with Crippen molar-refractivity contribution in [3.8, 4) is 11.5 Å². The van der Waals surface area contributed by atoms with E-state index in [-0.39, 0.29) is 18.0 Å². The van der Waals surface area contributed by atoms with Crippen molar-refractivity contribution in [1.82, 2.24) is 15.5 Å². The quantitative estimate of drug-likeness (QED) is 0.846. The summed E-state index contributed by atoms with van der Waals surface area (Å²) in [4.78, 5) is 25.8. The van der Waals surface area contributed by atoms with Crippen molar-refractivity contribution < 1.29 is 19.1 Å². The van der Waals surface area contributed by atoms with Gasteiger partial charge in [0, 0.05) is 13.1 Å². The van der Waals surface area contributed by atoms with Crippen molar-refractivity contribution >= 4 is 11.9 Å². The van der Waals surface area contributed by atoms with Crippen molar-refractivity contribution in [3.05, 3.63) is 23.8 Å². The first-order valence-corrected chi connectivity index (χ1v) is 7.97. The molecule has 0 saturated carbocycles. The number of rotatable bonds is 2. The second-order valence-electron chi connectivity index (χ2n) is 6.00. The molecule has 3 amide bonds. The topological polar surface area (TPSA) is 79.9 Å². The molecule has 2 saturated heterocycles. The summed E-state index contributed by atoms with van der Waals surface area (Å²) < 4.78 is 11.2. The smallest absolute Gasteiger partial charge is 0.315 e. The van der Waals surface area contributed by atoms with Gasteiger partial charge in [-0.2, -0.15) is 0 Å². The first-order chi connectivity index (χ1) is 11.2. The molecule has 2 atom stereocenters. The molecular formula is C16H19N3O4. The summed E-state index contributed by atoms with van der Waals surface area (Å²) >= 11 is 0. The third-order valence-corrected chi connectivity index (χ3v) is 4.56. The number of amides is 3. The highest BCUT2D eigenvalue weighted by molar-refractivity contribution is 5.90. The van der Waals surface area contributed by atoms with Crippen molar-refractivity contribution in [3.63, 3.8) is 0 Å². The van der Waals surface area contributed by atoms with Crippen LogP contribution >= 0.6 is 0 Å². The molecule has 7 heteroatoms. The Hall–Kier alpha value is -2.44. The monoisotopic (exact) mass is 317 g/mol. The van der Waals surface area contributed by atoms with Crippen molar-refractivity contribution in [2.24, 2.45) is 0 Å². The van der Waals surface area contributed by atoms with E-state index >= 15 is 0 Å². The van der Waals surface area contributed by atoms with Crippen LogP contribution in [0.25, 0.3) is 0 Å². The molecule has 3 aliphatic rings. The number of nitrogens with one attached hydrogen (secondary N) is 2. The zero-order chi connectivity index (χ0) is 15.8. The number of likely N-dealkylation sites (tertiary alicyclic amines) is 1. The fourth-order valence-electron chi connectivity index (χ4n) is 3.45. The Balaban J connectivity index is 1.55. The molecule has 3 aliphatic heterocycles. The van der Waals surface area contributed by atoms with Crippen molar-refractivity contribution in [1.29, 1.82) is 0 Å². The van der Waals surface area contributed by atoms with Crippen molar-refractivity contribution in [2.45, 2.75) is 24.9 Å². The molecule has 1 aromatic rings. The summed E-state index contributed by atoms with van der Waals surface area (Å²) in [6.45, 7) is 2.17. The number of carbonyl (C=O) groups excluding carboxylic acids is 2. The standard InChI is InChI=1S/C16H19N3O4/c20-15(11-9-17-16(21)18-11)19-5-1-2-12(19)10-3-4-13-14(8-10)23-7-6-22-13/h3-4,8,11-12H,1-2,5-7,9H2,(H2,17,18,21)/t11-,12-/m1/s1. The van der Waals surface area contributed by atoms with Crippen LogP contribution in [0, 0.1) is 0 Å². The second-order valence-corrected chi connectivity index (χ2v) is 6.00.